The van der Waals surface area contributed by atoms with Gasteiger partial charge in [-0.2, -0.15) is 5.10 Å². The fraction of sp³-hybridized carbons (Fsp3) is 0.368. The van der Waals surface area contributed by atoms with E-state index in [1.165, 1.54) is 0 Å². The van der Waals surface area contributed by atoms with Crippen molar-refractivity contribution in [2.24, 2.45) is 5.92 Å². The Bertz CT molecular complexity index is 953. The average molecular weight is 336 g/mol. The zero-order valence-electron chi connectivity index (χ0n) is 13.9. The first-order chi connectivity index (χ1) is 12.2. The molecular weight excluding hydrogens is 316 g/mol. The quantitative estimate of drug-likeness (QED) is 0.771. The number of amides is 1. The number of benzene rings is 1. The van der Waals surface area contributed by atoms with E-state index in [4.69, 9.17) is 0 Å². The van der Waals surface area contributed by atoms with Gasteiger partial charge in [0.1, 0.15) is 6.10 Å². The van der Waals surface area contributed by atoms with Crippen molar-refractivity contribution in [1.29, 1.82) is 0 Å². The summed E-state index contributed by atoms with van der Waals surface area (Å²) in [6, 6.07) is 9.71. The normalized spacial score (nSPS) is 18.4. The monoisotopic (exact) mass is 336 g/mol. The number of rotatable bonds is 3. The molecule has 0 saturated heterocycles. The summed E-state index contributed by atoms with van der Waals surface area (Å²) in [4.78, 5) is 17.9. The smallest absolute Gasteiger partial charge is 0.254 e. The number of fused-ring (bicyclic) bond motifs is 2. The summed E-state index contributed by atoms with van der Waals surface area (Å²) in [5.74, 6) is 0.399. The van der Waals surface area contributed by atoms with E-state index >= 15 is 0 Å². The number of carbonyl (C=O) groups excluding carboxylic acids is 1. The fourth-order valence-corrected chi connectivity index (χ4v) is 3.62. The molecule has 25 heavy (non-hydrogen) atoms. The Hall–Kier alpha value is -2.60. The van der Waals surface area contributed by atoms with Crippen LogP contribution in [0.4, 0.5) is 0 Å². The molecule has 2 aliphatic rings. The molecule has 0 spiro atoms. The number of aromatic nitrogens is 3. The largest absolute Gasteiger partial charge is 0.386 e. The van der Waals surface area contributed by atoms with Gasteiger partial charge in [0.2, 0.25) is 0 Å². The van der Waals surface area contributed by atoms with Crippen molar-refractivity contribution in [3.05, 3.63) is 53.5 Å². The number of aliphatic hydroxyl groups excluding tert-OH is 1. The van der Waals surface area contributed by atoms with Gasteiger partial charge in [0.15, 0.2) is 0 Å². The minimum Gasteiger partial charge on any atom is -0.386 e. The van der Waals surface area contributed by atoms with E-state index in [0.717, 1.165) is 35.1 Å². The van der Waals surface area contributed by atoms with E-state index < -0.39 is 6.10 Å². The lowest BCUT2D eigenvalue weighted by molar-refractivity contribution is 0.0705. The highest BCUT2D eigenvalue weighted by Crippen LogP contribution is 2.40. The van der Waals surface area contributed by atoms with Crippen LogP contribution in [0.5, 0.6) is 0 Å². The lowest BCUT2D eigenvalue weighted by Crippen LogP contribution is -2.38. The van der Waals surface area contributed by atoms with Gasteiger partial charge in [-0.15, -0.1) is 0 Å². The molecule has 6 nitrogen and oxygen atoms in total. The van der Waals surface area contributed by atoms with Gasteiger partial charge in [-0.3, -0.25) is 9.48 Å². The van der Waals surface area contributed by atoms with Gasteiger partial charge >= 0.3 is 0 Å². The number of nitrogens with one attached hydrogen (secondary N) is 1. The van der Waals surface area contributed by atoms with Gasteiger partial charge in [0, 0.05) is 23.8 Å². The summed E-state index contributed by atoms with van der Waals surface area (Å²) >= 11 is 0. The fourth-order valence-electron chi connectivity index (χ4n) is 3.62. The topological polar surface area (TPSA) is 74.2 Å². The molecule has 1 unspecified atom stereocenters. The molecule has 1 atom stereocenters. The third-order valence-corrected chi connectivity index (χ3v) is 5.28. The van der Waals surface area contributed by atoms with E-state index in [2.05, 4.69) is 10.1 Å². The summed E-state index contributed by atoms with van der Waals surface area (Å²) < 4.78 is 1.93. The maximum Gasteiger partial charge on any atom is 0.254 e. The third-order valence-electron chi connectivity index (χ3n) is 5.28. The highest BCUT2D eigenvalue weighted by atomic mass is 16.3. The highest BCUT2D eigenvalue weighted by Gasteiger charge is 2.33. The minimum absolute atomic E-state index is 0.0354. The predicted octanol–water partition coefficient (Wildman–Crippen LogP) is 2.46. The zero-order valence-corrected chi connectivity index (χ0v) is 13.9. The first-order valence-electron chi connectivity index (χ1n) is 8.80. The van der Waals surface area contributed by atoms with Crippen LogP contribution in [-0.4, -0.2) is 37.2 Å². The minimum atomic E-state index is -0.461. The van der Waals surface area contributed by atoms with Gasteiger partial charge in [0.25, 0.3) is 5.91 Å². The molecule has 3 aromatic rings. The van der Waals surface area contributed by atoms with Crippen molar-refractivity contribution in [3.63, 3.8) is 0 Å². The maximum absolute atomic E-state index is 12.9. The van der Waals surface area contributed by atoms with Crippen molar-refractivity contribution in [2.75, 3.05) is 6.54 Å². The molecule has 0 radical (unpaired) electrons. The van der Waals surface area contributed by atoms with Crippen molar-refractivity contribution in [1.82, 2.24) is 19.7 Å². The van der Waals surface area contributed by atoms with Crippen LogP contribution in [0.1, 0.15) is 40.7 Å². The molecule has 0 bridgehead atoms. The van der Waals surface area contributed by atoms with Crippen LogP contribution >= 0.6 is 0 Å². The Labute approximate surface area is 145 Å². The second kappa shape index (κ2) is 5.46. The van der Waals surface area contributed by atoms with Crippen molar-refractivity contribution in [2.45, 2.75) is 32.0 Å². The molecular formula is C19H20N4O2. The van der Waals surface area contributed by atoms with Gasteiger partial charge < -0.3 is 15.0 Å². The van der Waals surface area contributed by atoms with E-state index in [9.17, 15) is 9.90 Å². The van der Waals surface area contributed by atoms with E-state index in [-0.39, 0.29) is 5.91 Å². The molecule has 1 aliphatic carbocycles. The molecule has 1 fully saturated rings. The molecule has 2 aromatic heterocycles. The standard InChI is InChI=1S/C19H20N4O2/c24-18(13-2-3-13)17-10-15-11-22(7-8-23(15)21-17)19(25)14-4-1-12-5-6-20-16(12)9-14/h1,4-6,9-10,13,18,20,24H,2-3,7-8,11H2. The second-order valence-electron chi connectivity index (χ2n) is 7.07. The maximum atomic E-state index is 12.9. The van der Waals surface area contributed by atoms with Gasteiger partial charge in [-0.25, -0.2) is 0 Å². The van der Waals surface area contributed by atoms with Gasteiger partial charge in [-0.05, 0) is 48.4 Å². The van der Waals surface area contributed by atoms with Crippen LogP contribution in [0.2, 0.25) is 0 Å². The van der Waals surface area contributed by atoms with Crippen LogP contribution < -0.4 is 0 Å². The number of aromatic amines is 1. The highest BCUT2D eigenvalue weighted by molar-refractivity contribution is 5.97. The average Bonchev–Trinajstić information content (AvgIpc) is 3.22. The molecule has 1 aliphatic heterocycles. The first kappa shape index (κ1) is 14.7. The lowest BCUT2D eigenvalue weighted by Gasteiger charge is -2.27. The lowest BCUT2D eigenvalue weighted by atomic mass is 10.1. The van der Waals surface area contributed by atoms with Crippen LogP contribution in [0, 0.1) is 5.92 Å². The Morgan fingerprint density at radius 2 is 2.12 bits per heavy atom. The summed E-state index contributed by atoms with van der Waals surface area (Å²) in [5, 5.41) is 15.9. The molecule has 128 valence electrons. The molecule has 6 heteroatoms. The van der Waals surface area contributed by atoms with Crippen LogP contribution in [0.3, 0.4) is 0 Å². The molecule has 1 aromatic carbocycles. The van der Waals surface area contributed by atoms with Gasteiger partial charge in [0.05, 0.1) is 24.5 Å². The molecule has 1 amide bonds. The number of carbonyl (C=O) groups is 1. The van der Waals surface area contributed by atoms with Crippen LogP contribution in [0.25, 0.3) is 10.9 Å². The summed E-state index contributed by atoms with van der Waals surface area (Å²) in [7, 11) is 0. The Morgan fingerprint density at radius 3 is 2.96 bits per heavy atom. The number of hydrogen-bond donors (Lipinski definition) is 2. The summed E-state index contributed by atoms with van der Waals surface area (Å²) in [6.07, 6.45) is 3.58. The Kier molecular flexibility index (Phi) is 3.21. The summed E-state index contributed by atoms with van der Waals surface area (Å²) in [6.45, 7) is 1.84. The second-order valence-corrected chi connectivity index (χ2v) is 7.07. The van der Waals surface area contributed by atoms with Crippen LogP contribution in [0.15, 0.2) is 36.5 Å². The first-order valence-corrected chi connectivity index (χ1v) is 8.80. The van der Waals surface area contributed by atoms with E-state index in [1.54, 1.807) is 0 Å². The Morgan fingerprint density at radius 1 is 1.24 bits per heavy atom. The molecule has 5 rings (SSSR count). The number of aliphatic hydroxyl groups is 1. The van der Waals surface area contributed by atoms with E-state index in [1.807, 2.05) is 46.1 Å². The zero-order chi connectivity index (χ0) is 17.0. The van der Waals surface area contributed by atoms with Crippen molar-refractivity contribution >= 4 is 16.8 Å². The molecule has 3 heterocycles. The number of hydrogen-bond acceptors (Lipinski definition) is 3. The van der Waals surface area contributed by atoms with E-state index in [0.29, 0.717) is 31.1 Å². The predicted molar refractivity (Wildman–Crippen MR) is 93.0 cm³/mol. The van der Waals surface area contributed by atoms with Crippen LogP contribution in [-0.2, 0) is 13.1 Å². The van der Waals surface area contributed by atoms with Crippen molar-refractivity contribution < 1.29 is 9.90 Å². The molecule has 2 N–H and O–H groups in total. The SMILES string of the molecule is O=C(c1ccc2cc[nH]c2c1)N1CCn2nc(C(O)C3CC3)cc2C1. The van der Waals surface area contributed by atoms with Crippen molar-refractivity contribution in [3.8, 4) is 0 Å². The van der Waals surface area contributed by atoms with Gasteiger partial charge in [-0.1, -0.05) is 6.07 Å². The third kappa shape index (κ3) is 2.53. The number of nitrogens with zero attached hydrogens (tertiary/aromatic N) is 3. The molecule has 1 saturated carbocycles. The number of H-pyrrole nitrogens is 1. The Balaban J connectivity index is 1.38. The summed E-state index contributed by atoms with van der Waals surface area (Å²) in [5.41, 5.74) is 3.42.